The van der Waals surface area contributed by atoms with Gasteiger partial charge in [0.1, 0.15) is 6.04 Å². The van der Waals surface area contributed by atoms with Gasteiger partial charge >= 0.3 is 12.4 Å². The Morgan fingerprint density at radius 3 is 2.06 bits per heavy atom. The lowest BCUT2D eigenvalue weighted by molar-refractivity contribution is -0.149. The topological polar surface area (TPSA) is 46.2 Å². The van der Waals surface area contributed by atoms with Gasteiger partial charge in [0.25, 0.3) is 0 Å². The number of benzene rings is 1. The number of hydrogen-bond acceptors (Lipinski definition) is 2. The molecule has 8 heteroatoms. The van der Waals surface area contributed by atoms with Crippen LogP contribution in [0.4, 0.5) is 26.3 Å². The van der Waals surface area contributed by atoms with Gasteiger partial charge in [-0.25, -0.2) is 0 Å². The van der Waals surface area contributed by atoms with Crippen molar-refractivity contribution in [1.82, 2.24) is 0 Å². The van der Waals surface area contributed by atoms with Crippen molar-refractivity contribution < 1.29 is 31.4 Å². The molecule has 18 heavy (non-hydrogen) atoms. The van der Waals surface area contributed by atoms with E-state index in [1.165, 1.54) is 0 Å². The van der Waals surface area contributed by atoms with Crippen LogP contribution in [-0.2, 0) is 12.8 Å². The molecule has 1 atom stereocenters. The van der Waals surface area contributed by atoms with Gasteiger partial charge in [-0.05, 0) is 23.3 Å². The molecule has 0 amide bonds. The molecule has 1 aromatic rings. The quantitative estimate of drug-likeness (QED) is 0.814. The highest BCUT2D eigenvalue weighted by atomic mass is 19.4. The molecule has 0 unspecified atom stereocenters. The van der Waals surface area contributed by atoms with Crippen LogP contribution in [0, 0.1) is 0 Å². The van der Waals surface area contributed by atoms with Gasteiger partial charge in [-0.2, -0.15) is 26.3 Å². The van der Waals surface area contributed by atoms with E-state index in [1.807, 2.05) is 0 Å². The van der Waals surface area contributed by atoms with E-state index in [1.54, 1.807) is 0 Å². The zero-order valence-electron chi connectivity index (χ0n) is 8.81. The molecule has 0 radical (unpaired) electrons. The first-order chi connectivity index (χ1) is 8.07. The molecule has 0 spiro atoms. The average Bonchev–Trinajstić information content (AvgIpc) is 2.24. The lowest BCUT2D eigenvalue weighted by Gasteiger charge is -2.19. The second-order valence-electron chi connectivity index (χ2n) is 3.59. The normalized spacial score (nSPS) is 14.7. The van der Waals surface area contributed by atoms with Gasteiger partial charge in [0, 0.05) is 0 Å². The summed E-state index contributed by atoms with van der Waals surface area (Å²) in [6.07, 6.45) is -9.48. The van der Waals surface area contributed by atoms with Crippen LogP contribution >= 0.6 is 0 Å². The Labute approximate surface area is 98.0 Å². The summed E-state index contributed by atoms with van der Waals surface area (Å²) in [5, 5.41) is 8.83. The van der Waals surface area contributed by atoms with E-state index in [0.29, 0.717) is 18.2 Å². The third-order valence-electron chi connectivity index (χ3n) is 2.33. The van der Waals surface area contributed by atoms with Crippen LogP contribution in [0.25, 0.3) is 0 Å². The van der Waals surface area contributed by atoms with Crippen molar-refractivity contribution in [2.24, 2.45) is 5.73 Å². The molecular weight excluding hydrogens is 264 g/mol. The molecule has 1 aromatic carbocycles. The number of alkyl halides is 6. The summed E-state index contributed by atoms with van der Waals surface area (Å²) in [5.41, 5.74) is 2.69. The second-order valence-corrected chi connectivity index (χ2v) is 3.59. The maximum atomic E-state index is 12.4. The summed E-state index contributed by atoms with van der Waals surface area (Å²) in [6, 6.07) is -0.838. The van der Waals surface area contributed by atoms with Gasteiger partial charge in [-0.15, -0.1) is 0 Å². The van der Waals surface area contributed by atoms with Gasteiger partial charge in [0.2, 0.25) is 0 Å². The van der Waals surface area contributed by atoms with Crippen molar-refractivity contribution in [2.75, 3.05) is 0 Å². The van der Waals surface area contributed by atoms with Crippen molar-refractivity contribution in [2.45, 2.75) is 25.0 Å². The van der Waals surface area contributed by atoms with Gasteiger partial charge in [0.15, 0.2) is 0 Å². The van der Waals surface area contributed by atoms with E-state index < -0.39 is 41.7 Å². The van der Waals surface area contributed by atoms with E-state index in [9.17, 15) is 26.3 Å². The highest BCUT2D eigenvalue weighted by molar-refractivity contribution is 5.35. The van der Waals surface area contributed by atoms with Crippen molar-refractivity contribution >= 4 is 0 Å². The van der Waals surface area contributed by atoms with Gasteiger partial charge < -0.3 is 10.8 Å². The van der Waals surface area contributed by atoms with Gasteiger partial charge in [-0.3, -0.25) is 0 Å². The molecule has 0 aliphatic carbocycles. The zero-order valence-corrected chi connectivity index (χ0v) is 8.81. The minimum absolute atomic E-state index is 0.459. The number of aliphatic hydroxyl groups excluding tert-OH is 1. The Hall–Kier alpha value is -1.28. The van der Waals surface area contributed by atoms with Gasteiger partial charge in [0.05, 0.1) is 12.2 Å². The third kappa shape index (κ3) is 3.14. The lowest BCUT2D eigenvalue weighted by atomic mass is 9.98. The molecule has 102 valence electrons. The van der Waals surface area contributed by atoms with Crippen LogP contribution in [0.1, 0.15) is 22.7 Å². The number of nitrogens with two attached hydrogens (primary N) is 1. The average molecular weight is 273 g/mol. The SMILES string of the molecule is N[C@H](c1ccc(C(F)(F)F)cc1CO)C(F)(F)F. The van der Waals surface area contributed by atoms with E-state index >= 15 is 0 Å². The first-order valence-electron chi connectivity index (χ1n) is 4.70. The summed E-state index contributed by atoms with van der Waals surface area (Å²) in [7, 11) is 0. The Morgan fingerprint density at radius 1 is 1.11 bits per heavy atom. The molecule has 0 heterocycles. The zero-order chi connectivity index (χ0) is 14.1. The summed E-state index contributed by atoms with van der Waals surface area (Å²) < 4.78 is 74.1. The van der Waals surface area contributed by atoms with Crippen molar-refractivity contribution in [1.29, 1.82) is 0 Å². The van der Waals surface area contributed by atoms with E-state index in [-0.39, 0.29) is 0 Å². The van der Waals surface area contributed by atoms with Crippen LogP contribution in [-0.4, -0.2) is 11.3 Å². The highest BCUT2D eigenvalue weighted by Crippen LogP contribution is 2.35. The summed E-state index contributed by atoms with van der Waals surface area (Å²) >= 11 is 0. The fourth-order valence-corrected chi connectivity index (χ4v) is 1.40. The Balaban J connectivity index is 3.24. The number of aliphatic hydroxyl groups is 1. The van der Waals surface area contributed by atoms with Crippen molar-refractivity contribution in [3.8, 4) is 0 Å². The predicted molar refractivity (Wildman–Crippen MR) is 50.4 cm³/mol. The molecule has 0 aliphatic rings. The van der Waals surface area contributed by atoms with Crippen LogP contribution < -0.4 is 5.73 Å². The monoisotopic (exact) mass is 273 g/mol. The molecule has 3 N–H and O–H groups in total. The second kappa shape index (κ2) is 4.77. The van der Waals surface area contributed by atoms with Gasteiger partial charge in [-0.1, -0.05) is 6.07 Å². The molecule has 2 nitrogen and oxygen atoms in total. The maximum absolute atomic E-state index is 12.4. The predicted octanol–water partition coefficient (Wildman–Crippen LogP) is 2.76. The summed E-state index contributed by atoms with van der Waals surface area (Å²) in [5.74, 6) is 0. The van der Waals surface area contributed by atoms with E-state index in [2.05, 4.69) is 0 Å². The fraction of sp³-hybridized carbons (Fsp3) is 0.400. The minimum Gasteiger partial charge on any atom is -0.392 e. The molecule has 0 fully saturated rings. The smallest absolute Gasteiger partial charge is 0.392 e. The standard InChI is InChI=1S/C10H9F6NO/c11-9(12,13)6-1-2-7(5(3-6)4-18)8(17)10(14,15)16/h1-3,8,18H,4,17H2/t8-/m1/s1. The van der Waals surface area contributed by atoms with E-state index in [4.69, 9.17) is 10.8 Å². The van der Waals surface area contributed by atoms with Crippen molar-refractivity contribution in [3.63, 3.8) is 0 Å². The molecule has 0 bridgehead atoms. The molecule has 1 rings (SSSR count). The number of rotatable bonds is 2. The Kier molecular flexibility index (Phi) is 3.92. The molecule has 0 saturated heterocycles. The Morgan fingerprint density at radius 2 is 1.67 bits per heavy atom. The van der Waals surface area contributed by atoms with E-state index in [0.717, 1.165) is 0 Å². The summed E-state index contributed by atoms with van der Waals surface area (Å²) in [4.78, 5) is 0. The first-order valence-corrected chi connectivity index (χ1v) is 4.70. The fourth-order valence-electron chi connectivity index (χ4n) is 1.40. The largest absolute Gasteiger partial charge is 0.416 e. The third-order valence-corrected chi connectivity index (χ3v) is 2.33. The highest BCUT2D eigenvalue weighted by Gasteiger charge is 2.39. The molecule has 0 aromatic heterocycles. The number of halogens is 6. The number of hydrogen-bond donors (Lipinski definition) is 2. The Bertz CT molecular complexity index is 425. The van der Waals surface area contributed by atoms with Crippen LogP contribution in [0.15, 0.2) is 18.2 Å². The first kappa shape index (κ1) is 14.8. The van der Waals surface area contributed by atoms with Crippen LogP contribution in [0.3, 0.4) is 0 Å². The van der Waals surface area contributed by atoms with Crippen molar-refractivity contribution in [3.05, 3.63) is 34.9 Å². The molecule has 0 saturated carbocycles. The minimum atomic E-state index is -4.79. The molecule has 0 aliphatic heterocycles. The summed E-state index contributed by atoms with van der Waals surface area (Å²) in [6.45, 7) is -0.955. The lowest BCUT2D eigenvalue weighted by Crippen LogP contribution is -2.29. The van der Waals surface area contributed by atoms with Crippen LogP contribution in [0.5, 0.6) is 0 Å². The maximum Gasteiger partial charge on any atom is 0.416 e. The van der Waals surface area contributed by atoms with Crippen LogP contribution in [0.2, 0.25) is 0 Å². The molecular formula is C10H9F6NO.